The van der Waals surface area contributed by atoms with Crippen molar-refractivity contribution in [3.8, 4) is 0 Å². The van der Waals surface area contributed by atoms with Gasteiger partial charge in [0.2, 0.25) is 0 Å². The van der Waals surface area contributed by atoms with Crippen LogP contribution in [0, 0.1) is 0 Å². The van der Waals surface area contributed by atoms with Crippen LogP contribution in [0.15, 0.2) is 0 Å². The average Bonchev–Trinajstić information content (AvgIpc) is 1.41. The molecule has 0 aromatic heterocycles. The zero-order valence-corrected chi connectivity index (χ0v) is 4.94. The Kier molecular flexibility index (Phi) is 35.3. The van der Waals surface area contributed by atoms with Gasteiger partial charge in [-0.05, 0) is 0 Å². The first-order chi connectivity index (χ1) is 2.73. The van der Waals surface area contributed by atoms with Crippen LogP contribution >= 0.6 is 19.9 Å². The fourth-order valence-corrected chi connectivity index (χ4v) is 0. The van der Waals surface area contributed by atoms with Crippen LogP contribution in [-0.4, -0.2) is 45.7 Å². The van der Waals surface area contributed by atoms with E-state index in [4.69, 9.17) is 14.4 Å². The van der Waals surface area contributed by atoms with Crippen molar-refractivity contribution >= 4 is 49.4 Å². The molecule has 0 bridgehead atoms. The van der Waals surface area contributed by atoms with Crippen molar-refractivity contribution in [2.75, 3.05) is 6.38 Å². The summed E-state index contributed by atoms with van der Waals surface area (Å²) in [7, 11) is -3.13. The first-order valence-electron chi connectivity index (χ1n) is 1.03. The minimum atomic E-state index is -3.13. The average molecular weight is 156 g/mol. The molecule has 2 N–H and O–H groups in total. The monoisotopic (exact) mass is 156 g/mol. The Bertz CT molecular complexity index is 37.9. The molecule has 42 valence electrons. The molecule has 7 heavy (non-hydrogen) atoms. The van der Waals surface area contributed by atoms with E-state index in [-0.39, 0.29) is 29.6 Å². The summed E-state index contributed by atoms with van der Waals surface area (Å²) in [5, 5.41) is 0. The Morgan fingerprint density at radius 2 is 1.43 bits per heavy atom. The predicted octanol–water partition coefficient (Wildman–Crippen LogP) is -0.433. The van der Waals surface area contributed by atoms with Crippen molar-refractivity contribution in [2.24, 2.45) is 0 Å². The van der Waals surface area contributed by atoms with Gasteiger partial charge >= 0.3 is 37.8 Å². The molecule has 0 fully saturated rings. The topological polar surface area (TPSA) is 57.5 Å². The molecule has 0 aromatic carbocycles. The number of hydrogen-bond donors (Lipinski definition) is 2. The van der Waals surface area contributed by atoms with E-state index in [1.54, 1.807) is 0 Å². The third-order valence-corrected chi connectivity index (χ3v) is 0. The van der Waals surface area contributed by atoms with Crippen LogP contribution in [-0.2, 0) is 4.57 Å². The summed E-state index contributed by atoms with van der Waals surface area (Å²) in [6.45, 7) is 0. The Labute approximate surface area is 69.9 Å². The summed E-state index contributed by atoms with van der Waals surface area (Å²) < 4.78 is 8.74. The second kappa shape index (κ2) is 15.7. The van der Waals surface area contributed by atoms with Gasteiger partial charge in [0.15, 0.2) is 0 Å². The molecule has 0 aromatic rings. The van der Waals surface area contributed by atoms with E-state index in [2.05, 4.69) is 11.6 Å². The summed E-state index contributed by atoms with van der Waals surface area (Å²) >= 11 is 4.64. The molecular formula is CH7ClNaO3P. The van der Waals surface area contributed by atoms with E-state index in [1.165, 1.54) is 6.38 Å². The zero-order chi connectivity index (χ0) is 5.58. The van der Waals surface area contributed by atoms with Gasteiger partial charge in [-0.3, -0.25) is 4.57 Å². The summed E-state index contributed by atoms with van der Waals surface area (Å²) in [5.74, 6) is 0. The molecule has 0 aliphatic carbocycles. The fraction of sp³-hybridized carbons (Fsp3) is 1.00. The molecular weight excluding hydrogens is 149 g/mol. The molecule has 0 aliphatic heterocycles. The zero-order valence-electron chi connectivity index (χ0n) is 3.18. The second-order valence-corrected chi connectivity index (χ2v) is 0.848. The van der Waals surface area contributed by atoms with Crippen molar-refractivity contribution < 1.29 is 14.4 Å². The van der Waals surface area contributed by atoms with Gasteiger partial charge in [-0.15, -0.1) is 11.6 Å². The maximum absolute atomic E-state index is 8.74. The second-order valence-electron chi connectivity index (χ2n) is 0.283. The first kappa shape index (κ1) is 15.8. The first-order valence-corrected chi connectivity index (χ1v) is 3.09. The fourth-order valence-electron chi connectivity index (χ4n) is 0. The Morgan fingerprint density at radius 1 is 1.43 bits per heavy atom. The quantitative estimate of drug-likeness (QED) is 0.284. The van der Waals surface area contributed by atoms with Gasteiger partial charge in [-0.2, -0.15) is 0 Å². The number of alkyl halides is 1. The van der Waals surface area contributed by atoms with Gasteiger partial charge < -0.3 is 9.79 Å². The third kappa shape index (κ3) is 106. The van der Waals surface area contributed by atoms with Gasteiger partial charge in [0.25, 0.3) is 0 Å². The SMILES string of the molecule is CCl.O=[PH](O)O.[NaH]. The van der Waals surface area contributed by atoms with Crippen molar-refractivity contribution in [1.29, 1.82) is 0 Å². The van der Waals surface area contributed by atoms with E-state index >= 15 is 0 Å². The molecule has 0 aliphatic rings. The summed E-state index contributed by atoms with van der Waals surface area (Å²) in [4.78, 5) is 14.3. The molecule has 6 heteroatoms. The van der Waals surface area contributed by atoms with E-state index in [0.717, 1.165) is 0 Å². The van der Waals surface area contributed by atoms with Crippen LogP contribution < -0.4 is 0 Å². The Morgan fingerprint density at radius 3 is 1.43 bits per heavy atom. The van der Waals surface area contributed by atoms with Gasteiger partial charge in [-0.25, -0.2) is 0 Å². The molecule has 0 atom stereocenters. The van der Waals surface area contributed by atoms with E-state index in [9.17, 15) is 0 Å². The molecule has 0 heterocycles. The summed E-state index contributed by atoms with van der Waals surface area (Å²) in [6.07, 6.45) is 1.47. The molecule has 0 spiro atoms. The van der Waals surface area contributed by atoms with Crippen molar-refractivity contribution in [3.05, 3.63) is 0 Å². The molecule has 0 unspecified atom stereocenters. The molecule has 0 saturated carbocycles. The number of hydrogen-bond acceptors (Lipinski definition) is 1. The van der Waals surface area contributed by atoms with Gasteiger partial charge in [-0.1, -0.05) is 0 Å². The molecule has 3 nitrogen and oxygen atoms in total. The van der Waals surface area contributed by atoms with Crippen molar-refractivity contribution in [2.45, 2.75) is 0 Å². The minimum absolute atomic E-state index is 0. The summed E-state index contributed by atoms with van der Waals surface area (Å²) in [6, 6.07) is 0. The standard InChI is InChI=1S/CH3Cl.Na.H3O3P.H/c1-2;;1-4(2)3;/h1H3;;4H,(H2,1,2,3);. The molecule has 0 saturated heterocycles. The van der Waals surface area contributed by atoms with Crippen LogP contribution in [0.4, 0.5) is 0 Å². The van der Waals surface area contributed by atoms with Crippen molar-refractivity contribution in [3.63, 3.8) is 0 Å². The van der Waals surface area contributed by atoms with E-state index in [1.807, 2.05) is 0 Å². The molecule has 0 rings (SSSR count). The molecule has 0 radical (unpaired) electrons. The number of rotatable bonds is 0. The van der Waals surface area contributed by atoms with Crippen LogP contribution in [0.2, 0.25) is 0 Å². The summed E-state index contributed by atoms with van der Waals surface area (Å²) in [5.41, 5.74) is 0. The van der Waals surface area contributed by atoms with Crippen molar-refractivity contribution in [1.82, 2.24) is 0 Å². The van der Waals surface area contributed by atoms with Crippen LogP contribution in [0.1, 0.15) is 0 Å². The van der Waals surface area contributed by atoms with Gasteiger partial charge in [0.05, 0.1) is 0 Å². The molecule has 0 amide bonds. The maximum atomic E-state index is 8.74. The van der Waals surface area contributed by atoms with Crippen LogP contribution in [0.5, 0.6) is 0 Å². The number of halogens is 1. The third-order valence-electron chi connectivity index (χ3n) is 0. The van der Waals surface area contributed by atoms with E-state index < -0.39 is 8.25 Å². The Balaban J connectivity index is -0.0000000480. The normalized spacial score (nSPS) is 5.86. The van der Waals surface area contributed by atoms with Gasteiger partial charge in [0.1, 0.15) is 0 Å². The predicted molar refractivity (Wildman–Crippen MR) is 32.4 cm³/mol. The Hall–Kier alpha value is 1.44. The van der Waals surface area contributed by atoms with Crippen LogP contribution in [0.25, 0.3) is 0 Å². The van der Waals surface area contributed by atoms with Crippen LogP contribution in [0.3, 0.4) is 0 Å². The van der Waals surface area contributed by atoms with E-state index in [0.29, 0.717) is 0 Å². The van der Waals surface area contributed by atoms with Gasteiger partial charge in [0, 0.05) is 6.38 Å².